The lowest BCUT2D eigenvalue weighted by molar-refractivity contribution is -0.385. The van der Waals surface area contributed by atoms with Crippen molar-refractivity contribution < 1.29 is 9.72 Å². The lowest BCUT2D eigenvalue weighted by Gasteiger charge is -2.34. The third-order valence-corrected chi connectivity index (χ3v) is 6.50. The molecule has 3 heterocycles. The van der Waals surface area contributed by atoms with Crippen molar-refractivity contribution in [3.05, 3.63) is 55.6 Å². The smallest absolute Gasteiger partial charge is 0.307 e. The summed E-state index contributed by atoms with van der Waals surface area (Å²) >= 11 is 13.8. The van der Waals surface area contributed by atoms with Crippen LogP contribution in [-0.2, 0) is 6.67 Å². The van der Waals surface area contributed by atoms with Gasteiger partial charge in [-0.05, 0) is 12.1 Å². The Morgan fingerprint density at radius 3 is 2.68 bits per heavy atom. The van der Waals surface area contributed by atoms with Gasteiger partial charge in [-0.15, -0.1) is 11.3 Å². The average Bonchev–Trinajstić information content (AvgIpc) is 3.26. The maximum Gasteiger partial charge on any atom is 0.307 e. The minimum Gasteiger partial charge on any atom is -0.335 e. The van der Waals surface area contributed by atoms with Crippen LogP contribution in [0.3, 0.4) is 0 Å². The summed E-state index contributed by atoms with van der Waals surface area (Å²) in [5, 5.41) is 16.7. The predicted molar refractivity (Wildman–Crippen MR) is 108 cm³/mol. The van der Waals surface area contributed by atoms with Crippen molar-refractivity contribution >= 4 is 56.2 Å². The molecule has 146 valence electrons. The van der Waals surface area contributed by atoms with Crippen molar-refractivity contribution in [1.29, 1.82) is 0 Å². The van der Waals surface area contributed by atoms with Crippen molar-refractivity contribution in [1.82, 2.24) is 19.6 Å². The highest BCUT2D eigenvalue weighted by Crippen LogP contribution is 2.37. The Hall–Kier alpha value is -2.20. The third-order valence-electron chi connectivity index (χ3n) is 4.62. The standard InChI is InChI=1S/C17H15Cl2N5O3S/c18-11-1-2-13-14(7-11)28-16(15(13)19)17(25)22-5-3-21(4-6-22)10-23-9-12(8-20-23)24(26)27/h1-2,7-9H,3-6,10H2. The highest BCUT2D eigenvalue weighted by Gasteiger charge is 2.26. The molecule has 0 unspecified atom stereocenters. The maximum atomic E-state index is 12.9. The van der Waals surface area contributed by atoms with Crippen molar-refractivity contribution in [2.45, 2.75) is 6.67 Å². The monoisotopic (exact) mass is 439 g/mol. The second kappa shape index (κ2) is 7.67. The number of rotatable bonds is 4. The number of benzene rings is 1. The number of nitrogens with zero attached hydrogens (tertiary/aromatic N) is 5. The first-order chi connectivity index (χ1) is 13.4. The van der Waals surface area contributed by atoms with Gasteiger partial charge >= 0.3 is 5.69 Å². The van der Waals surface area contributed by atoms with Gasteiger partial charge in [-0.2, -0.15) is 5.10 Å². The molecule has 0 saturated carbocycles. The SMILES string of the molecule is O=C(c1sc2cc(Cl)ccc2c1Cl)N1CCN(Cn2cc([N+](=O)[O-])cn2)CC1. The molecule has 2 aromatic heterocycles. The van der Waals surface area contributed by atoms with Crippen LogP contribution in [0, 0.1) is 10.1 Å². The van der Waals surface area contributed by atoms with Crippen molar-refractivity contribution in [2.24, 2.45) is 0 Å². The summed E-state index contributed by atoms with van der Waals surface area (Å²) in [6.45, 7) is 2.83. The fourth-order valence-corrected chi connectivity index (χ4v) is 4.90. The summed E-state index contributed by atoms with van der Waals surface area (Å²) in [7, 11) is 0. The van der Waals surface area contributed by atoms with Gasteiger partial charge in [0.15, 0.2) is 0 Å². The second-order valence-corrected chi connectivity index (χ2v) is 8.30. The normalized spacial score (nSPS) is 15.3. The van der Waals surface area contributed by atoms with Crippen molar-refractivity contribution in [3.63, 3.8) is 0 Å². The summed E-state index contributed by atoms with van der Waals surface area (Å²) in [5.74, 6) is -0.0864. The Kier molecular flexibility index (Phi) is 5.24. The largest absolute Gasteiger partial charge is 0.335 e. The van der Waals surface area contributed by atoms with E-state index in [1.807, 2.05) is 12.1 Å². The highest BCUT2D eigenvalue weighted by molar-refractivity contribution is 7.21. The fourth-order valence-electron chi connectivity index (χ4n) is 3.14. The van der Waals surface area contributed by atoms with Gasteiger partial charge in [0.2, 0.25) is 0 Å². The number of halogens is 2. The number of carbonyl (C=O) groups excluding carboxylic acids is 1. The zero-order valence-electron chi connectivity index (χ0n) is 14.5. The Morgan fingerprint density at radius 1 is 1.25 bits per heavy atom. The van der Waals surface area contributed by atoms with Gasteiger partial charge < -0.3 is 4.90 Å². The van der Waals surface area contributed by atoms with E-state index in [0.29, 0.717) is 47.8 Å². The number of amides is 1. The molecule has 0 atom stereocenters. The van der Waals surface area contributed by atoms with E-state index in [1.165, 1.54) is 28.4 Å². The molecule has 0 N–H and O–H groups in total. The molecular weight excluding hydrogens is 425 g/mol. The lowest BCUT2D eigenvalue weighted by Crippen LogP contribution is -2.48. The molecular formula is C17H15Cl2N5O3S. The molecule has 28 heavy (non-hydrogen) atoms. The topological polar surface area (TPSA) is 84.5 Å². The van der Waals surface area contributed by atoms with Gasteiger partial charge in [-0.1, -0.05) is 29.3 Å². The Bertz CT molecular complexity index is 1060. The maximum absolute atomic E-state index is 12.9. The summed E-state index contributed by atoms with van der Waals surface area (Å²) in [6.07, 6.45) is 2.63. The van der Waals surface area contributed by atoms with Crippen LogP contribution in [0.1, 0.15) is 9.67 Å². The Labute approximate surface area is 174 Å². The summed E-state index contributed by atoms with van der Waals surface area (Å²) in [4.78, 5) is 27.6. The number of piperazine rings is 1. The molecule has 1 aromatic carbocycles. The number of aromatic nitrogens is 2. The molecule has 8 nitrogen and oxygen atoms in total. The van der Waals surface area contributed by atoms with Crippen LogP contribution in [-0.4, -0.2) is 56.6 Å². The van der Waals surface area contributed by atoms with Crippen molar-refractivity contribution in [2.75, 3.05) is 26.2 Å². The van der Waals surface area contributed by atoms with Gasteiger partial charge in [0.05, 0.1) is 16.6 Å². The van der Waals surface area contributed by atoms with E-state index in [0.717, 1.165) is 10.1 Å². The van der Waals surface area contributed by atoms with E-state index >= 15 is 0 Å². The number of fused-ring (bicyclic) bond motifs is 1. The minimum absolute atomic E-state index is 0.0340. The molecule has 1 aliphatic heterocycles. The van der Waals surface area contributed by atoms with Crippen LogP contribution in [0.4, 0.5) is 5.69 Å². The van der Waals surface area contributed by atoms with Gasteiger partial charge in [-0.25, -0.2) is 0 Å². The van der Waals surface area contributed by atoms with Gasteiger partial charge in [0, 0.05) is 41.3 Å². The molecule has 0 radical (unpaired) electrons. The molecule has 0 bridgehead atoms. The Morgan fingerprint density at radius 2 is 2.00 bits per heavy atom. The molecule has 11 heteroatoms. The van der Waals surface area contributed by atoms with E-state index in [9.17, 15) is 14.9 Å². The molecule has 4 rings (SSSR count). The first-order valence-electron chi connectivity index (χ1n) is 8.48. The van der Waals surface area contributed by atoms with Crippen LogP contribution < -0.4 is 0 Å². The zero-order valence-corrected chi connectivity index (χ0v) is 16.9. The van der Waals surface area contributed by atoms with Crippen LogP contribution in [0.15, 0.2) is 30.6 Å². The quantitative estimate of drug-likeness (QED) is 0.456. The zero-order chi connectivity index (χ0) is 19.8. The summed E-state index contributed by atoms with van der Waals surface area (Å²) in [6, 6.07) is 5.40. The van der Waals surface area contributed by atoms with Crippen molar-refractivity contribution in [3.8, 4) is 0 Å². The number of hydrogen-bond donors (Lipinski definition) is 0. The molecule has 1 fully saturated rings. The fraction of sp³-hybridized carbons (Fsp3) is 0.294. The summed E-state index contributed by atoms with van der Waals surface area (Å²) < 4.78 is 2.42. The number of nitro groups is 1. The van der Waals surface area contributed by atoms with E-state index in [2.05, 4.69) is 10.00 Å². The Balaban J connectivity index is 1.41. The highest BCUT2D eigenvalue weighted by atomic mass is 35.5. The number of carbonyl (C=O) groups is 1. The van der Waals surface area contributed by atoms with Crippen LogP contribution in [0.2, 0.25) is 10.0 Å². The molecule has 1 saturated heterocycles. The van der Waals surface area contributed by atoms with E-state index in [4.69, 9.17) is 23.2 Å². The number of thiophene rings is 1. The molecule has 3 aromatic rings. The van der Waals surface area contributed by atoms with Gasteiger partial charge in [0.25, 0.3) is 5.91 Å². The molecule has 0 aliphatic carbocycles. The lowest BCUT2D eigenvalue weighted by atomic mass is 10.2. The van der Waals surface area contributed by atoms with Crippen LogP contribution in [0.25, 0.3) is 10.1 Å². The predicted octanol–water partition coefficient (Wildman–Crippen LogP) is 3.73. The van der Waals surface area contributed by atoms with Crippen LogP contribution in [0.5, 0.6) is 0 Å². The number of hydrogen-bond acceptors (Lipinski definition) is 6. The molecule has 1 aliphatic rings. The van der Waals surface area contributed by atoms with Gasteiger partial charge in [-0.3, -0.25) is 24.5 Å². The van der Waals surface area contributed by atoms with E-state index in [-0.39, 0.29) is 11.6 Å². The minimum atomic E-state index is -0.470. The average molecular weight is 440 g/mol. The van der Waals surface area contributed by atoms with E-state index < -0.39 is 4.92 Å². The van der Waals surface area contributed by atoms with Crippen LogP contribution >= 0.6 is 34.5 Å². The first-order valence-corrected chi connectivity index (χ1v) is 10.1. The van der Waals surface area contributed by atoms with Gasteiger partial charge in [0.1, 0.15) is 17.3 Å². The molecule has 0 spiro atoms. The second-order valence-electron chi connectivity index (χ2n) is 6.43. The third kappa shape index (κ3) is 3.70. The first kappa shape index (κ1) is 19.1. The summed E-state index contributed by atoms with van der Waals surface area (Å²) in [5.41, 5.74) is -0.0340. The molecule has 1 amide bonds. The van der Waals surface area contributed by atoms with E-state index in [1.54, 1.807) is 11.0 Å².